The average Bonchev–Trinajstić information content (AvgIpc) is 3.36. The first-order valence-electron chi connectivity index (χ1n) is 10.3. The van der Waals surface area contributed by atoms with Crippen molar-refractivity contribution in [3.8, 4) is 0 Å². The Bertz CT molecular complexity index is 1310. The third-order valence-corrected chi connectivity index (χ3v) is 8.63. The molecular formula is C23H20F2N2O5S2. The summed E-state index contributed by atoms with van der Waals surface area (Å²) in [5, 5.41) is 3.97. The molecule has 1 amide bonds. The molecule has 3 aromatic rings. The van der Waals surface area contributed by atoms with Crippen molar-refractivity contribution in [3.05, 3.63) is 82.7 Å². The molecule has 1 aliphatic rings. The van der Waals surface area contributed by atoms with Gasteiger partial charge in [-0.2, -0.15) is 4.31 Å². The van der Waals surface area contributed by atoms with Gasteiger partial charge in [0.2, 0.25) is 0 Å². The fourth-order valence-electron chi connectivity index (χ4n) is 3.79. The number of benzene rings is 2. The van der Waals surface area contributed by atoms with E-state index in [1.54, 1.807) is 23.6 Å². The molecule has 0 aliphatic carbocycles. The molecule has 0 bridgehead atoms. The number of carbonyl (C=O) groups excluding carboxylic acids is 2. The van der Waals surface area contributed by atoms with E-state index in [1.807, 2.05) is 12.1 Å². The predicted molar refractivity (Wildman–Crippen MR) is 122 cm³/mol. The summed E-state index contributed by atoms with van der Waals surface area (Å²) in [5.74, 6) is -3.70. The predicted octanol–water partition coefficient (Wildman–Crippen LogP) is 3.89. The van der Waals surface area contributed by atoms with E-state index in [4.69, 9.17) is 4.74 Å². The average molecular weight is 507 g/mol. The maximum absolute atomic E-state index is 13.3. The van der Waals surface area contributed by atoms with Gasteiger partial charge in [0.25, 0.3) is 15.9 Å². The molecule has 1 aliphatic heterocycles. The van der Waals surface area contributed by atoms with Crippen LogP contribution in [-0.2, 0) is 30.8 Å². The molecule has 34 heavy (non-hydrogen) atoms. The summed E-state index contributed by atoms with van der Waals surface area (Å²) >= 11 is 1.09. The summed E-state index contributed by atoms with van der Waals surface area (Å²) < 4.78 is 59.3. The number of rotatable bonds is 7. The highest BCUT2D eigenvalue weighted by Crippen LogP contribution is 2.37. The number of fused-ring (bicyclic) bond motifs is 1. The van der Waals surface area contributed by atoms with E-state index in [2.05, 4.69) is 5.32 Å². The zero-order valence-electron chi connectivity index (χ0n) is 17.7. The quantitative estimate of drug-likeness (QED) is 0.491. The second-order valence-electron chi connectivity index (χ2n) is 7.55. The molecule has 0 spiro atoms. The standard InChI is InChI=1S/C23H20F2N2O5S2/c24-18-8-7-16(12-19(18)25)26-21(28)14-32-22(29)13-20-17-5-2-1-4-15(17)9-10-27(20)34(30,31)23-6-3-11-33-23/h1-8,11-12,20H,9-10,13-14H2,(H,26,28). The largest absolute Gasteiger partial charge is 0.456 e. The Morgan fingerprint density at radius 3 is 2.62 bits per heavy atom. The zero-order valence-corrected chi connectivity index (χ0v) is 19.4. The van der Waals surface area contributed by atoms with E-state index in [0.29, 0.717) is 12.0 Å². The van der Waals surface area contributed by atoms with Crippen molar-refractivity contribution in [2.24, 2.45) is 0 Å². The van der Waals surface area contributed by atoms with Crippen LogP contribution in [0.5, 0.6) is 0 Å². The lowest BCUT2D eigenvalue weighted by atomic mass is 9.92. The van der Waals surface area contributed by atoms with Gasteiger partial charge in [-0.1, -0.05) is 30.3 Å². The molecule has 1 unspecified atom stereocenters. The Kier molecular flexibility index (Phi) is 7.05. The molecule has 2 aromatic carbocycles. The molecule has 1 N–H and O–H groups in total. The zero-order chi connectivity index (χ0) is 24.3. The van der Waals surface area contributed by atoms with Crippen LogP contribution in [0.3, 0.4) is 0 Å². The van der Waals surface area contributed by atoms with Gasteiger partial charge < -0.3 is 10.1 Å². The first-order chi connectivity index (χ1) is 16.3. The minimum absolute atomic E-state index is 0.00868. The number of thiophene rings is 1. The topological polar surface area (TPSA) is 92.8 Å². The van der Waals surface area contributed by atoms with Gasteiger partial charge in [-0.05, 0) is 41.1 Å². The van der Waals surface area contributed by atoms with E-state index < -0.39 is 46.2 Å². The summed E-state index contributed by atoms with van der Waals surface area (Å²) in [7, 11) is -3.84. The molecule has 178 valence electrons. The number of ether oxygens (including phenoxy) is 1. The van der Waals surface area contributed by atoms with Crippen LogP contribution in [-0.4, -0.2) is 37.8 Å². The molecule has 7 nitrogen and oxygen atoms in total. The van der Waals surface area contributed by atoms with Crippen molar-refractivity contribution >= 4 is 38.9 Å². The van der Waals surface area contributed by atoms with Crippen molar-refractivity contribution in [2.75, 3.05) is 18.5 Å². The molecular weight excluding hydrogens is 486 g/mol. The lowest BCUT2D eigenvalue weighted by Crippen LogP contribution is -2.41. The highest BCUT2D eigenvalue weighted by molar-refractivity contribution is 7.91. The Morgan fingerprint density at radius 1 is 1.09 bits per heavy atom. The monoisotopic (exact) mass is 506 g/mol. The number of carbonyl (C=O) groups is 2. The van der Waals surface area contributed by atoms with Crippen molar-refractivity contribution in [1.82, 2.24) is 4.31 Å². The van der Waals surface area contributed by atoms with Gasteiger partial charge >= 0.3 is 5.97 Å². The fourth-order valence-corrected chi connectivity index (χ4v) is 6.51. The van der Waals surface area contributed by atoms with Gasteiger partial charge in [0, 0.05) is 18.3 Å². The van der Waals surface area contributed by atoms with Crippen LogP contribution in [0.4, 0.5) is 14.5 Å². The third kappa shape index (κ3) is 5.16. The van der Waals surface area contributed by atoms with Gasteiger partial charge in [-0.25, -0.2) is 17.2 Å². The molecule has 4 rings (SSSR count). The van der Waals surface area contributed by atoms with E-state index in [-0.39, 0.29) is 22.9 Å². The molecule has 0 radical (unpaired) electrons. The maximum Gasteiger partial charge on any atom is 0.308 e. The van der Waals surface area contributed by atoms with Crippen molar-refractivity contribution in [1.29, 1.82) is 0 Å². The number of amides is 1. The molecule has 1 aromatic heterocycles. The lowest BCUT2D eigenvalue weighted by Gasteiger charge is -2.35. The van der Waals surface area contributed by atoms with Gasteiger partial charge in [-0.15, -0.1) is 11.3 Å². The SMILES string of the molecule is O=C(COC(=O)CC1c2ccccc2CCN1S(=O)(=O)c1cccs1)Nc1ccc(F)c(F)c1. The Morgan fingerprint density at radius 2 is 1.88 bits per heavy atom. The molecule has 0 saturated carbocycles. The van der Waals surface area contributed by atoms with E-state index >= 15 is 0 Å². The molecule has 1 atom stereocenters. The minimum atomic E-state index is -3.84. The number of esters is 1. The van der Waals surface area contributed by atoms with Gasteiger partial charge in [0.15, 0.2) is 18.2 Å². The number of sulfonamides is 1. The van der Waals surface area contributed by atoms with E-state index in [0.717, 1.165) is 29.0 Å². The number of anilines is 1. The highest BCUT2D eigenvalue weighted by Gasteiger charge is 2.38. The lowest BCUT2D eigenvalue weighted by molar-refractivity contribution is -0.148. The van der Waals surface area contributed by atoms with Crippen LogP contribution >= 0.6 is 11.3 Å². The Hall–Kier alpha value is -3.15. The van der Waals surface area contributed by atoms with Crippen LogP contribution in [0.2, 0.25) is 0 Å². The normalized spacial score (nSPS) is 16.0. The summed E-state index contributed by atoms with van der Waals surface area (Å²) in [4.78, 5) is 24.7. The van der Waals surface area contributed by atoms with Crippen LogP contribution in [0.25, 0.3) is 0 Å². The van der Waals surface area contributed by atoms with Gasteiger partial charge in [-0.3, -0.25) is 9.59 Å². The molecule has 0 saturated heterocycles. The summed E-state index contributed by atoms with van der Waals surface area (Å²) in [6.07, 6.45) is 0.211. The van der Waals surface area contributed by atoms with Gasteiger partial charge in [0.1, 0.15) is 4.21 Å². The second-order valence-corrected chi connectivity index (χ2v) is 10.6. The van der Waals surface area contributed by atoms with Crippen LogP contribution in [0.15, 0.2) is 64.2 Å². The minimum Gasteiger partial charge on any atom is -0.456 e. The van der Waals surface area contributed by atoms with E-state index in [1.165, 1.54) is 16.4 Å². The van der Waals surface area contributed by atoms with E-state index in [9.17, 15) is 26.8 Å². The van der Waals surface area contributed by atoms with Crippen LogP contribution < -0.4 is 5.32 Å². The second kappa shape index (κ2) is 10.00. The summed E-state index contributed by atoms with van der Waals surface area (Å²) in [6, 6.07) is 12.5. The number of hydrogen-bond donors (Lipinski definition) is 1. The first kappa shape index (κ1) is 24.0. The molecule has 2 heterocycles. The maximum atomic E-state index is 13.3. The number of nitrogens with zero attached hydrogens (tertiary/aromatic N) is 1. The summed E-state index contributed by atoms with van der Waals surface area (Å²) in [6.45, 7) is -0.463. The Labute approximate surface area is 199 Å². The highest BCUT2D eigenvalue weighted by atomic mass is 32.2. The first-order valence-corrected chi connectivity index (χ1v) is 12.6. The van der Waals surface area contributed by atoms with Gasteiger partial charge in [0.05, 0.1) is 12.5 Å². The smallest absolute Gasteiger partial charge is 0.308 e. The van der Waals surface area contributed by atoms with Crippen molar-refractivity contribution in [2.45, 2.75) is 23.1 Å². The van der Waals surface area contributed by atoms with Crippen molar-refractivity contribution < 1.29 is 31.5 Å². The molecule has 11 heteroatoms. The van der Waals surface area contributed by atoms with Crippen LogP contribution in [0, 0.1) is 11.6 Å². The third-order valence-electron chi connectivity index (χ3n) is 5.35. The molecule has 0 fully saturated rings. The summed E-state index contributed by atoms with van der Waals surface area (Å²) in [5.41, 5.74) is 1.65. The number of nitrogens with one attached hydrogen (secondary N) is 1. The Balaban J connectivity index is 1.46. The van der Waals surface area contributed by atoms with Crippen LogP contribution in [0.1, 0.15) is 23.6 Å². The fraction of sp³-hybridized carbons (Fsp3) is 0.217. The van der Waals surface area contributed by atoms with Crippen molar-refractivity contribution in [3.63, 3.8) is 0 Å². The number of halogens is 2. The number of hydrogen-bond acceptors (Lipinski definition) is 6.